The highest BCUT2D eigenvalue weighted by Gasteiger charge is 2.38. The summed E-state index contributed by atoms with van der Waals surface area (Å²) in [5, 5.41) is 22.2. The number of imidazole rings is 1. The smallest absolute Gasteiger partial charge is 0.481 e. The number of carbonyl (C=O) groups is 3. The summed E-state index contributed by atoms with van der Waals surface area (Å²) in [5.41, 5.74) is 5.85. The minimum Gasteiger partial charge on any atom is -0.481 e. The third kappa shape index (κ3) is 8.55. The summed E-state index contributed by atoms with van der Waals surface area (Å²) in [4.78, 5) is 44.4. The van der Waals surface area contributed by atoms with E-state index in [0.717, 1.165) is 27.8 Å². The molecule has 1 atom stereocenters. The Bertz CT molecular complexity index is 1500. The number of anilines is 3. The quantitative estimate of drug-likeness (QED) is 0.193. The van der Waals surface area contributed by atoms with Gasteiger partial charge in [-0.2, -0.15) is 13.2 Å². The molecular formula is C27H26F3N5O5. The number of pyridine rings is 1. The molecular weight excluding hydrogens is 531 g/mol. The number of carbonyl (C=O) groups excluding carboxylic acids is 1. The van der Waals surface area contributed by atoms with Crippen molar-refractivity contribution >= 4 is 46.2 Å². The fourth-order valence-corrected chi connectivity index (χ4v) is 3.59. The molecule has 1 unspecified atom stereocenters. The molecule has 0 aliphatic carbocycles. The Kier molecular flexibility index (Phi) is 9.43. The van der Waals surface area contributed by atoms with Crippen LogP contribution in [-0.2, 0) is 20.8 Å². The fourth-order valence-electron chi connectivity index (χ4n) is 3.59. The number of hydrogen-bond donors (Lipinski definition) is 5. The molecule has 0 saturated heterocycles. The lowest BCUT2D eigenvalue weighted by Crippen LogP contribution is -2.21. The average molecular weight is 558 g/mol. The molecule has 0 fully saturated rings. The van der Waals surface area contributed by atoms with Gasteiger partial charge in [0, 0.05) is 17.3 Å². The zero-order chi connectivity index (χ0) is 29.4. The third-order valence-electron chi connectivity index (χ3n) is 5.61. The van der Waals surface area contributed by atoms with Gasteiger partial charge in [0.2, 0.25) is 11.9 Å². The van der Waals surface area contributed by atoms with E-state index >= 15 is 0 Å². The Labute approximate surface area is 226 Å². The number of H-pyrrole nitrogens is 1. The highest BCUT2D eigenvalue weighted by molar-refractivity contribution is 5.92. The number of fused-ring (bicyclic) bond motifs is 1. The van der Waals surface area contributed by atoms with E-state index in [1.54, 1.807) is 18.3 Å². The topological polar surface area (TPSA) is 157 Å². The molecule has 0 saturated carbocycles. The van der Waals surface area contributed by atoms with Crippen LogP contribution < -0.4 is 10.6 Å². The predicted octanol–water partition coefficient (Wildman–Crippen LogP) is 5.40. The van der Waals surface area contributed by atoms with E-state index < -0.39 is 18.1 Å². The number of hydrogen-bond acceptors (Lipinski definition) is 6. The normalized spacial score (nSPS) is 11.7. The lowest BCUT2D eigenvalue weighted by molar-refractivity contribution is -0.192. The molecule has 4 rings (SSSR count). The lowest BCUT2D eigenvalue weighted by atomic mass is 10.0. The molecule has 0 spiro atoms. The van der Waals surface area contributed by atoms with E-state index in [1.165, 1.54) is 0 Å². The summed E-state index contributed by atoms with van der Waals surface area (Å²) in [5.74, 6) is -3.34. The summed E-state index contributed by atoms with van der Waals surface area (Å²) in [6.45, 7) is 3.84. The highest BCUT2D eigenvalue weighted by atomic mass is 19.4. The Morgan fingerprint density at radius 2 is 1.75 bits per heavy atom. The molecule has 0 radical (unpaired) electrons. The number of aryl methyl sites for hydroxylation is 1. The van der Waals surface area contributed by atoms with Gasteiger partial charge in [-0.15, -0.1) is 0 Å². The van der Waals surface area contributed by atoms with Gasteiger partial charge in [0.15, 0.2) is 0 Å². The molecule has 2 aromatic carbocycles. The van der Waals surface area contributed by atoms with E-state index in [9.17, 15) is 22.8 Å². The average Bonchev–Trinajstić information content (AvgIpc) is 3.27. The molecule has 2 aromatic heterocycles. The number of amides is 1. The van der Waals surface area contributed by atoms with Gasteiger partial charge in [-0.3, -0.25) is 14.6 Å². The summed E-state index contributed by atoms with van der Waals surface area (Å²) >= 11 is 0. The molecule has 4 aromatic rings. The summed E-state index contributed by atoms with van der Waals surface area (Å²) in [6, 6.07) is 17.1. The number of rotatable bonds is 8. The molecule has 13 heteroatoms. The molecule has 40 heavy (non-hydrogen) atoms. The number of aromatic amines is 1. The van der Waals surface area contributed by atoms with Crippen molar-refractivity contribution < 1.29 is 37.8 Å². The zero-order valence-electron chi connectivity index (χ0n) is 21.4. The summed E-state index contributed by atoms with van der Waals surface area (Å²) < 4.78 is 31.7. The summed E-state index contributed by atoms with van der Waals surface area (Å²) in [6.07, 6.45) is -3.32. The Balaban J connectivity index is 0.000000559. The molecule has 0 bridgehead atoms. The maximum atomic E-state index is 12.5. The van der Waals surface area contributed by atoms with Crippen LogP contribution in [0.1, 0.15) is 36.1 Å². The van der Waals surface area contributed by atoms with Crippen LogP contribution in [0.3, 0.4) is 0 Å². The minimum atomic E-state index is -5.08. The van der Waals surface area contributed by atoms with Crippen LogP contribution in [0.2, 0.25) is 0 Å². The molecule has 5 N–H and O–H groups in total. The van der Waals surface area contributed by atoms with Gasteiger partial charge >= 0.3 is 18.1 Å². The standard InChI is InChI=1S/C25H25N5O3.C2HF3O2/c1-15-5-3-4-6-20(15)28-25-29-21-9-7-17(12-22(21)30-25)13-23(31)27-18-8-10-19(26-14-18)16(2)11-24(32)33;3-2(4,5)1(6)7/h3-10,12,14,16H,11,13H2,1-2H3,(H,27,31)(H,32,33)(H2,28,29,30);(H,6,7). The Hall–Kier alpha value is -4.94. The van der Waals surface area contributed by atoms with E-state index in [-0.39, 0.29) is 24.7 Å². The van der Waals surface area contributed by atoms with E-state index in [2.05, 4.69) is 25.6 Å². The number of carboxylic acids is 2. The van der Waals surface area contributed by atoms with E-state index in [4.69, 9.17) is 15.0 Å². The SMILES string of the molecule is Cc1ccccc1Nc1nc2ccc(CC(=O)Nc3ccc(C(C)CC(=O)O)nc3)cc2[nH]1.O=C(O)C(F)(F)F. The predicted molar refractivity (Wildman–Crippen MR) is 141 cm³/mol. The largest absolute Gasteiger partial charge is 0.490 e. The van der Waals surface area contributed by atoms with Crippen molar-refractivity contribution in [3.63, 3.8) is 0 Å². The fraction of sp³-hybridized carbons (Fsp3) is 0.222. The first-order valence-corrected chi connectivity index (χ1v) is 11.9. The van der Waals surface area contributed by atoms with Crippen molar-refractivity contribution in [2.24, 2.45) is 0 Å². The number of nitrogens with zero attached hydrogens (tertiary/aromatic N) is 2. The first-order chi connectivity index (χ1) is 18.8. The number of benzene rings is 2. The van der Waals surface area contributed by atoms with Gasteiger partial charge in [0.25, 0.3) is 0 Å². The minimum absolute atomic E-state index is 0.0109. The molecule has 10 nitrogen and oxygen atoms in total. The van der Waals surface area contributed by atoms with Gasteiger partial charge in [0.05, 0.1) is 35.8 Å². The second-order valence-electron chi connectivity index (χ2n) is 8.88. The highest BCUT2D eigenvalue weighted by Crippen LogP contribution is 2.22. The second kappa shape index (κ2) is 12.7. The lowest BCUT2D eigenvalue weighted by Gasteiger charge is -2.10. The molecule has 0 aliphatic heterocycles. The first kappa shape index (κ1) is 29.6. The summed E-state index contributed by atoms with van der Waals surface area (Å²) in [7, 11) is 0. The van der Waals surface area contributed by atoms with Gasteiger partial charge in [-0.25, -0.2) is 9.78 Å². The number of nitrogens with one attached hydrogen (secondary N) is 3. The zero-order valence-corrected chi connectivity index (χ0v) is 21.4. The van der Waals surface area contributed by atoms with Gasteiger partial charge in [0.1, 0.15) is 0 Å². The first-order valence-electron chi connectivity index (χ1n) is 11.9. The monoisotopic (exact) mass is 557 g/mol. The van der Waals surface area contributed by atoms with Crippen molar-refractivity contribution in [3.05, 3.63) is 77.6 Å². The Morgan fingerprint density at radius 3 is 2.35 bits per heavy atom. The maximum absolute atomic E-state index is 12.5. The van der Waals surface area contributed by atoms with Crippen LogP contribution in [0.5, 0.6) is 0 Å². The van der Waals surface area contributed by atoms with Crippen molar-refractivity contribution in [1.82, 2.24) is 15.0 Å². The number of para-hydroxylation sites is 1. The van der Waals surface area contributed by atoms with Gasteiger partial charge in [-0.1, -0.05) is 31.2 Å². The van der Waals surface area contributed by atoms with E-state index in [0.29, 0.717) is 17.3 Å². The van der Waals surface area contributed by atoms with Crippen molar-refractivity contribution in [2.45, 2.75) is 38.8 Å². The number of halogens is 3. The molecule has 210 valence electrons. The van der Waals surface area contributed by atoms with Crippen LogP contribution in [0.4, 0.5) is 30.5 Å². The van der Waals surface area contributed by atoms with Crippen molar-refractivity contribution in [2.75, 3.05) is 10.6 Å². The van der Waals surface area contributed by atoms with Crippen molar-refractivity contribution in [1.29, 1.82) is 0 Å². The second-order valence-corrected chi connectivity index (χ2v) is 8.88. The number of aliphatic carboxylic acids is 2. The number of alkyl halides is 3. The maximum Gasteiger partial charge on any atom is 0.490 e. The van der Waals surface area contributed by atoms with E-state index in [1.807, 2.05) is 56.3 Å². The third-order valence-corrected chi connectivity index (χ3v) is 5.61. The van der Waals surface area contributed by atoms with Crippen LogP contribution in [0.15, 0.2) is 60.8 Å². The van der Waals surface area contributed by atoms with Crippen LogP contribution >= 0.6 is 0 Å². The molecule has 0 aliphatic rings. The molecule has 1 amide bonds. The van der Waals surface area contributed by atoms with Crippen LogP contribution in [-0.4, -0.2) is 49.2 Å². The molecule has 2 heterocycles. The van der Waals surface area contributed by atoms with Crippen LogP contribution in [0.25, 0.3) is 11.0 Å². The van der Waals surface area contributed by atoms with Gasteiger partial charge < -0.3 is 25.8 Å². The Morgan fingerprint density at radius 1 is 1.05 bits per heavy atom. The van der Waals surface area contributed by atoms with Crippen LogP contribution in [0, 0.1) is 6.92 Å². The number of aromatic nitrogens is 3. The van der Waals surface area contributed by atoms with Gasteiger partial charge in [-0.05, 0) is 48.4 Å². The number of carboxylic acid groups (broad SMARTS) is 2. The van der Waals surface area contributed by atoms with Crippen molar-refractivity contribution in [3.8, 4) is 0 Å².